The predicted octanol–water partition coefficient (Wildman–Crippen LogP) is 2.05. The van der Waals surface area contributed by atoms with Gasteiger partial charge in [0.1, 0.15) is 0 Å². The molecule has 0 radical (unpaired) electrons. The molecule has 0 aromatic heterocycles. The Morgan fingerprint density at radius 2 is 2.25 bits per heavy atom. The van der Waals surface area contributed by atoms with Crippen molar-refractivity contribution in [3.8, 4) is 0 Å². The van der Waals surface area contributed by atoms with Gasteiger partial charge in [0.15, 0.2) is 0 Å². The molecule has 2 rings (SSSR count). The molecule has 2 N–H and O–H groups in total. The lowest BCUT2D eigenvalue weighted by atomic mass is 10.1. The number of hydrogen-bond acceptors (Lipinski definition) is 3. The van der Waals surface area contributed by atoms with E-state index in [1.807, 2.05) is 44.1 Å². The van der Waals surface area contributed by atoms with Crippen molar-refractivity contribution in [1.82, 2.24) is 4.90 Å². The van der Waals surface area contributed by atoms with E-state index in [4.69, 9.17) is 0 Å². The smallest absolute Gasteiger partial charge is 0.322 e. The van der Waals surface area contributed by atoms with Gasteiger partial charge in [-0.05, 0) is 43.5 Å². The SMILES string of the molecule is Cc1cc(NC(=O)N2CCC[C@H]2CO)ccc1N(C)C. The van der Waals surface area contributed by atoms with Crippen LogP contribution in [0.1, 0.15) is 18.4 Å². The summed E-state index contributed by atoms with van der Waals surface area (Å²) in [5, 5.41) is 12.2. The van der Waals surface area contributed by atoms with Crippen molar-refractivity contribution in [2.75, 3.05) is 37.5 Å². The number of aliphatic hydroxyl groups excluding tert-OH is 1. The summed E-state index contributed by atoms with van der Waals surface area (Å²) < 4.78 is 0. The van der Waals surface area contributed by atoms with Crippen LogP contribution in [0.4, 0.5) is 16.2 Å². The molecule has 0 unspecified atom stereocenters. The monoisotopic (exact) mass is 277 g/mol. The van der Waals surface area contributed by atoms with Gasteiger partial charge in [-0.1, -0.05) is 0 Å². The van der Waals surface area contributed by atoms with Gasteiger partial charge in [0.2, 0.25) is 0 Å². The van der Waals surface area contributed by atoms with Crippen LogP contribution in [-0.2, 0) is 0 Å². The summed E-state index contributed by atoms with van der Waals surface area (Å²) in [6, 6.07) is 5.70. The highest BCUT2D eigenvalue weighted by Gasteiger charge is 2.28. The van der Waals surface area contributed by atoms with Gasteiger partial charge in [-0.15, -0.1) is 0 Å². The molecule has 110 valence electrons. The number of carbonyl (C=O) groups excluding carboxylic acids is 1. The first kappa shape index (κ1) is 14.7. The summed E-state index contributed by atoms with van der Waals surface area (Å²) in [7, 11) is 3.99. The van der Waals surface area contributed by atoms with Gasteiger partial charge >= 0.3 is 6.03 Å². The maximum Gasteiger partial charge on any atom is 0.322 e. The zero-order valence-electron chi connectivity index (χ0n) is 12.4. The van der Waals surface area contributed by atoms with Crippen LogP contribution in [0.3, 0.4) is 0 Å². The van der Waals surface area contributed by atoms with E-state index in [9.17, 15) is 9.90 Å². The number of aryl methyl sites for hydroxylation is 1. The molecule has 1 aromatic carbocycles. The average molecular weight is 277 g/mol. The lowest BCUT2D eigenvalue weighted by Gasteiger charge is -2.24. The summed E-state index contributed by atoms with van der Waals surface area (Å²) in [6.45, 7) is 2.77. The largest absolute Gasteiger partial charge is 0.394 e. The number of rotatable bonds is 3. The van der Waals surface area contributed by atoms with Crippen LogP contribution >= 0.6 is 0 Å². The topological polar surface area (TPSA) is 55.8 Å². The lowest BCUT2D eigenvalue weighted by Crippen LogP contribution is -2.40. The van der Waals surface area contributed by atoms with E-state index in [-0.39, 0.29) is 18.7 Å². The van der Waals surface area contributed by atoms with E-state index in [0.717, 1.165) is 29.8 Å². The minimum absolute atomic E-state index is 0.0337. The maximum absolute atomic E-state index is 12.2. The minimum atomic E-state index is -0.126. The fourth-order valence-corrected chi connectivity index (χ4v) is 2.72. The third-order valence-electron chi connectivity index (χ3n) is 3.78. The summed E-state index contributed by atoms with van der Waals surface area (Å²) in [5.74, 6) is 0. The standard InChI is InChI=1S/C15H23N3O2/c1-11-9-12(6-7-14(11)17(2)3)16-15(20)18-8-4-5-13(18)10-19/h6-7,9,13,19H,4-5,8,10H2,1-3H3,(H,16,20)/t13-/m0/s1. The van der Waals surface area contributed by atoms with Gasteiger partial charge in [-0.3, -0.25) is 0 Å². The summed E-state index contributed by atoms with van der Waals surface area (Å²) in [5.41, 5.74) is 3.05. The number of nitrogens with zero attached hydrogens (tertiary/aromatic N) is 2. The molecule has 0 spiro atoms. The Morgan fingerprint density at radius 3 is 2.85 bits per heavy atom. The Kier molecular flexibility index (Phi) is 4.49. The van der Waals surface area contributed by atoms with Gasteiger partial charge in [0.05, 0.1) is 12.6 Å². The van der Waals surface area contributed by atoms with Crippen LogP contribution < -0.4 is 10.2 Å². The van der Waals surface area contributed by atoms with Crippen molar-refractivity contribution in [2.24, 2.45) is 0 Å². The van der Waals surface area contributed by atoms with Crippen molar-refractivity contribution in [1.29, 1.82) is 0 Å². The molecule has 5 nitrogen and oxygen atoms in total. The van der Waals surface area contributed by atoms with E-state index >= 15 is 0 Å². The van der Waals surface area contributed by atoms with Gasteiger partial charge in [-0.2, -0.15) is 0 Å². The first-order valence-electron chi connectivity index (χ1n) is 6.99. The zero-order valence-corrected chi connectivity index (χ0v) is 12.4. The third kappa shape index (κ3) is 3.04. The normalized spacial score (nSPS) is 18.2. The van der Waals surface area contributed by atoms with Crippen molar-refractivity contribution in [2.45, 2.75) is 25.8 Å². The second-order valence-electron chi connectivity index (χ2n) is 5.50. The third-order valence-corrected chi connectivity index (χ3v) is 3.78. The molecule has 2 amide bonds. The lowest BCUT2D eigenvalue weighted by molar-refractivity contribution is 0.166. The molecule has 1 fully saturated rings. The molecule has 1 saturated heterocycles. The second-order valence-corrected chi connectivity index (χ2v) is 5.50. The fraction of sp³-hybridized carbons (Fsp3) is 0.533. The Morgan fingerprint density at radius 1 is 1.50 bits per heavy atom. The minimum Gasteiger partial charge on any atom is -0.394 e. The fourth-order valence-electron chi connectivity index (χ4n) is 2.72. The molecular weight excluding hydrogens is 254 g/mol. The molecule has 0 bridgehead atoms. The molecule has 1 aromatic rings. The number of benzene rings is 1. The molecule has 1 aliphatic rings. The summed E-state index contributed by atoms with van der Waals surface area (Å²) in [6.07, 6.45) is 1.83. The Hall–Kier alpha value is -1.75. The number of nitrogens with one attached hydrogen (secondary N) is 1. The van der Waals surface area contributed by atoms with Crippen LogP contribution in [0.2, 0.25) is 0 Å². The van der Waals surface area contributed by atoms with Gasteiger partial charge < -0.3 is 20.2 Å². The molecule has 1 heterocycles. The second kappa shape index (κ2) is 6.13. The van der Waals surface area contributed by atoms with Crippen molar-refractivity contribution in [3.05, 3.63) is 23.8 Å². The summed E-state index contributed by atoms with van der Waals surface area (Å²) >= 11 is 0. The number of hydrogen-bond donors (Lipinski definition) is 2. The maximum atomic E-state index is 12.2. The number of aliphatic hydroxyl groups is 1. The molecular formula is C15H23N3O2. The van der Waals surface area contributed by atoms with Gasteiger partial charge in [0.25, 0.3) is 0 Å². The van der Waals surface area contributed by atoms with Crippen molar-refractivity contribution in [3.63, 3.8) is 0 Å². The van der Waals surface area contributed by atoms with Crippen LogP contribution in [0.25, 0.3) is 0 Å². The van der Waals surface area contributed by atoms with Crippen LogP contribution in [0.15, 0.2) is 18.2 Å². The molecule has 0 aliphatic carbocycles. The van der Waals surface area contributed by atoms with Crippen LogP contribution in [-0.4, -0.2) is 49.3 Å². The van der Waals surface area contributed by atoms with E-state index in [0.29, 0.717) is 6.54 Å². The molecule has 0 saturated carbocycles. The van der Waals surface area contributed by atoms with E-state index in [1.165, 1.54) is 0 Å². The number of likely N-dealkylation sites (tertiary alicyclic amines) is 1. The molecule has 5 heteroatoms. The summed E-state index contributed by atoms with van der Waals surface area (Å²) in [4.78, 5) is 16.0. The zero-order chi connectivity index (χ0) is 14.7. The molecule has 20 heavy (non-hydrogen) atoms. The van der Waals surface area contributed by atoms with E-state index in [2.05, 4.69) is 5.32 Å². The van der Waals surface area contributed by atoms with Gasteiger partial charge in [-0.25, -0.2) is 4.79 Å². The van der Waals surface area contributed by atoms with Crippen molar-refractivity contribution < 1.29 is 9.90 Å². The quantitative estimate of drug-likeness (QED) is 0.889. The highest BCUT2D eigenvalue weighted by atomic mass is 16.3. The van der Waals surface area contributed by atoms with Crippen LogP contribution in [0, 0.1) is 6.92 Å². The average Bonchev–Trinajstić information content (AvgIpc) is 2.86. The van der Waals surface area contributed by atoms with E-state index < -0.39 is 0 Å². The first-order valence-corrected chi connectivity index (χ1v) is 6.99. The number of carbonyl (C=O) groups is 1. The highest BCUT2D eigenvalue weighted by molar-refractivity contribution is 5.90. The predicted molar refractivity (Wildman–Crippen MR) is 81.3 cm³/mol. The van der Waals surface area contributed by atoms with Crippen LogP contribution in [0.5, 0.6) is 0 Å². The number of amides is 2. The number of urea groups is 1. The molecule has 1 atom stereocenters. The Labute approximate surface area is 120 Å². The molecule has 1 aliphatic heterocycles. The Balaban J connectivity index is 2.06. The van der Waals surface area contributed by atoms with Gasteiger partial charge in [0, 0.05) is 32.0 Å². The highest BCUT2D eigenvalue weighted by Crippen LogP contribution is 2.23. The van der Waals surface area contributed by atoms with E-state index in [1.54, 1.807) is 4.90 Å². The van der Waals surface area contributed by atoms with Crippen molar-refractivity contribution >= 4 is 17.4 Å². The number of anilines is 2. The Bertz CT molecular complexity index is 488. The first-order chi connectivity index (χ1) is 9.52.